The largest absolute Gasteiger partial charge is 0.363 e. The molecule has 1 heterocycles. The molecule has 1 aromatic heterocycles. The third kappa shape index (κ3) is 3.92. The summed E-state index contributed by atoms with van der Waals surface area (Å²) in [4.78, 5) is 18.5. The second-order valence-electron chi connectivity index (χ2n) is 5.52. The minimum atomic E-state index is -0.0511. The van der Waals surface area contributed by atoms with Crippen LogP contribution in [0.1, 0.15) is 13.8 Å². The number of anilines is 2. The average molecular weight is 286 g/mol. The Labute approximate surface area is 125 Å². The van der Waals surface area contributed by atoms with Gasteiger partial charge in [0, 0.05) is 31.6 Å². The summed E-state index contributed by atoms with van der Waals surface area (Å²) < 4.78 is 0. The van der Waals surface area contributed by atoms with Gasteiger partial charge >= 0.3 is 0 Å². The Bertz CT molecular complexity index is 637. The lowest BCUT2D eigenvalue weighted by molar-refractivity contribution is -0.115. The van der Waals surface area contributed by atoms with Gasteiger partial charge in [0.25, 0.3) is 0 Å². The predicted octanol–water partition coefficient (Wildman–Crippen LogP) is 2.24. The van der Waals surface area contributed by atoms with Crippen molar-refractivity contribution < 1.29 is 4.79 Å². The number of carbonyl (C=O) groups is 1. The van der Waals surface area contributed by atoms with Crippen LogP contribution in [0.25, 0.3) is 10.9 Å². The summed E-state index contributed by atoms with van der Waals surface area (Å²) in [5.74, 6) is 0.769. The van der Waals surface area contributed by atoms with E-state index in [2.05, 4.69) is 15.6 Å². The first-order valence-corrected chi connectivity index (χ1v) is 7.07. The van der Waals surface area contributed by atoms with E-state index in [1.54, 1.807) is 0 Å². The van der Waals surface area contributed by atoms with Gasteiger partial charge in [-0.2, -0.15) is 0 Å². The van der Waals surface area contributed by atoms with Crippen molar-refractivity contribution in [3.8, 4) is 0 Å². The molecule has 5 heteroatoms. The van der Waals surface area contributed by atoms with E-state index in [0.29, 0.717) is 6.54 Å². The molecule has 1 aromatic carbocycles. The highest BCUT2D eigenvalue weighted by atomic mass is 16.1. The first-order chi connectivity index (χ1) is 9.97. The highest BCUT2D eigenvalue weighted by Crippen LogP contribution is 2.26. The fourth-order valence-corrected chi connectivity index (χ4v) is 1.99. The first-order valence-electron chi connectivity index (χ1n) is 7.07. The second-order valence-corrected chi connectivity index (χ2v) is 5.52. The number of rotatable bonds is 5. The van der Waals surface area contributed by atoms with Gasteiger partial charge in [0.1, 0.15) is 5.82 Å². The van der Waals surface area contributed by atoms with E-state index < -0.39 is 0 Å². The molecule has 0 atom stereocenters. The molecule has 112 valence electrons. The highest BCUT2D eigenvalue weighted by molar-refractivity contribution is 6.02. The van der Waals surface area contributed by atoms with Crippen molar-refractivity contribution in [2.45, 2.75) is 19.9 Å². The molecule has 0 bridgehead atoms. The third-order valence-electron chi connectivity index (χ3n) is 3.11. The van der Waals surface area contributed by atoms with Crippen LogP contribution in [0, 0.1) is 0 Å². The van der Waals surface area contributed by atoms with Crippen molar-refractivity contribution in [1.82, 2.24) is 10.3 Å². The summed E-state index contributed by atoms with van der Waals surface area (Å²) in [5, 5.41) is 7.03. The lowest BCUT2D eigenvalue weighted by atomic mass is 10.1. The van der Waals surface area contributed by atoms with Gasteiger partial charge in [-0.1, -0.05) is 32.0 Å². The number of para-hydroxylation sites is 1. The van der Waals surface area contributed by atoms with Gasteiger partial charge in [-0.25, -0.2) is 4.98 Å². The molecule has 1 amide bonds. The summed E-state index contributed by atoms with van der Waals surface area (Å²) in [5.41, 5.74) is 1.66. The Morgan fingerprint density at radius 2 is 2.00 bits per heavy atom. The van der Waals surface area contributed by atoms with Crippen molar-refractivity contribution in [3.05, 3.63) is 30.3 Å². The zero-order valence-electron chi connectivity index (χ0n) is 13.0. The van der Waals surface area contributed by atoms with Crippen LogP contribution in [0.5, 0.6) is 0 Å². The van der Waals surface area contributed by atoms with E-state index >= 15 is 0 Å². The molecule has 2 aromatic rings. The van der Waals surface area contributed by atoms with Crippen LogP contribution in [-0.4, -0.2) is 37.6 Å². The molecular formula is C16H22N4O. The maximum absolute atomic E-state index is 12.0. The average Bonchev–Trinajstić information content (AvgIpc) is 2.45. The van der Waals surface area contributed by atoms with Crippen LogP contribution in [0.15, 0.2) is 30.3 Å². The molecule has 0 radical (unpaired) electrons. The summed E-state index contributed by atoms with van der Waals surface area (Å²) >= 11 is 0. The Balaban J connectivity index is 2.30. The van der Waals surface area contributed by atoms with Gasteiger partial charge in [0.2, 0.25) is 5.91 Å². The van der Waals surface area contributed by atoms with E-state index in [4.69, 9.17) is 0 Å². The molecule has 0 aliphatic rings. The number of hydrogen-bond donors (Lipinski definition) is 2. The van der Waals surface area contributed by atoms with Gasteiger partial charge in [-0.05, 0) is 6.07 Å². The number of fused-ring (bicyclic) bond motifs is 1. The Hall–Kier alpha value is -2.14. The lowest BCUT2D eigenvalue weighted by Crippen LogP contribution is -2.32. The van der Waals surface area contributed by atoms with Gasteiger partial charge in [-0.15, -0.1) is 0 Å². The van der Waals surface area contributed by atoms with E-state index in [1.165, 1.54) is 0 Å². The molecule has 21 heavy (non-hydrogen) atoms. The summed E-state index contributed by atoms with van der Waals surface area (Å²) in [6.07, 6.45) is 0. The monoisotopic (exact) mass is 286 g/mol. The molecule has 0 fully saturated rings. The van der Waals surface area contributed by atoms with Crippen LogP contribution in [-0.2, 0) is 4.79 Å². The number of nitrogens with zero attached hydrogens (tertiary/aromatic N) is 2. The minimum Gasteiger partial charge on any atom is -0.363 e. The van der Waals surface area contributed by atoms with Crippen molar-refractivity contribution in [2.24, 2.45) is 0 Å². The fourth-order valence-electron chi connectivity index (χ4n) is 1.99. The molecule has 5 nitrogen and oxygen atoms in total. The van der Waals surface area contributed by atoms with Crippen LogP contribution >= 0.6 is 0 Å². The number of benzene rings is 1. The molecule has 0 unspecified atom stereocenters. The van der Waals surface area contributed by atoms with Crippen molar-refractivity contribution in [3.63, 3.8) is 0 Å². The third-order valence-corrected chi connectivity index (χ3v) is 3.11. The standard InChI is InChI=1S/C16H22N4O/c1-11(2)17-10-16(21)19-14-9-15(20(3)4)18-13-8-6-5-7-12(13)14/h5-9,11,17H,10H2,1-4H3,(H,18,19,21). The summed E-state index contributed by atoms with van der Waals surface area (Å²) in [6, 6.07) is 9.98. The number of carbonyl (C=O) groups excluding carboxylic acids is 1. The normalized spacial score (nSPS) is 10.9. The first kappa shape index (κ1) is 15.3. The smallest absolute Gasteiger partial charge is 0.238 e. The lowest BCUT2D eigenvalue weighted by Gasteiger charge is -2.16. The number of amides is 1. The summed E-state index contributed by atoms with van der Waals surface area (Å²) in [7, 11) is 3.87. The van der Waals surface area contributed by atoms with Gasteiger partial charge < -0.3 is 15.5 Å². The molecule has 0 saturated heterocycles. The maximum atomic E-state index is 12.0. The molecule has 0 aliphatic heterocycles. The molecular weight excluding hydrogens is 264 g/mol. The Morgan fingerprint density at radius 1 is 1.29 bits per heavy atom. The van der Waals surface area contributed by atoms with E-state index in [0.717, 1.165) is 22.4 Å². The fraction of sp³-hybridized carbons (Fsp3) is 0.375. The van der Waals surface area contributed by atoms with Gasteiger partial charge in [0.15, 0.2) is 0 Å². The Morgan fingerprint density at radius 3 is 2.67 bits per heavy atom. The molecule has 2 rings (SSSR count). The zero-order valence-corrected chi connectivity index (χ0v) is 13.0. The van der Waals surface area contributed by atoms with Crippen LogP contribution in [0.4, 0.5) is 11.5 Å². The molecule has 2 N–H and O–H groups in total. The zero-order chi connectivity index (χ0) is 15.4. The second kappa shape index (κ2) is 6.54. The quantitative estimate of drug-likeness (QED) is 0.885. The van der Waals surface area contributed by atoms with Crippen LogP contribution < -0.4 is 15.5 Å². The van der Waals surface area contributed by atoms with Crippen molar-refractivity contribution >= 4 is 28.3 Å². The van der Waals surface area contributed by atoms with E-state index in [9.17, 15) is 4.79 Å². The SMILES string of the molecule is CC(C)NCC(=O)Nc1cc(N(C)C)nc2ccccc12. The van der Waals surface area contributed by atoms with E-state index in [-0.39, 0.29) is 11.9 Å². The number of pyridine rings is 1. The molecule has 0 saturated carbocycles. The van der Waals surface area contributed by atoms with E-state index in [1.807, 2.05) is 63.2 Å². The van der Waals surface area contributed by atoms with Crippen molar-refractivity contribution in [1.29, 1.82) is 0 Å². The maximum Gasteiger partial charge on any atom is 0.238 e. The van der Waals surface area contributed by atoms with Gasteiger partial charge in [-0.3, -0.25) is 4.79 Å². The molecule has 0 spiro atoms. The number of nitrogens with one attached hydrogen (secondary N) is 2. The Kier molecular flexibility index (Phi) is 4.75. The number of hydrogen-bond acceptors (Lipinski definition) is 4. The predicted molar refractivity (Wildman–Crippen MR) is 87.8 cm³/mol. The molecule has 0 aliphatic carbocycles. The topological polar surface area (TPSA) is 57.3 Å². The highest BCUT2D eigenvalue weighted by Gasteiger charge is 2.10. The van der Waals surface area contributed by atoms with Crippen LogP contribution in [0.3, 0.4) is 0 Å². The number of aromatic nitrogens is 1. The summed E-state index contributed by atoms with van der Waals surface area (Å²) in [6.45, 7) is 4.32. The minimum absolute atomic E-state index is 0.0511. The van der Waals surface area contributed by atoms with Crippen molar-refractivity contribution in [2.75, 3.05) is 30.9 Å². The van der Waals surface area contributed by atoms with Gasteiger partial charge in [0.05, 0.1) is 17.7 Å². The van der Waals surface area contributed by atoms with Crippen LogP contribution in [0.2, 0.25) is 0 Å².